The fourth-order valence-corrected chi connectivity index (χ4v) is 4.73. The van der Waals surface area contributed by atoms with E-state index in [0.29, 0.717) is 0 Å². The van der Waals surface area contributed by atoms with Gasteiger partial charge >= 0.3 is 0 Å². The molecule has 0 aliphatic heterocycles. The van der Waals surface area contributed by atoms with Gasteiger partial charge in [0.25, 0.3) is 0 Å². The van der Waals surface area contributed by atoms with Crippen LogP contribution in [0.2, 0.25) is 0 Å². The highest BCUT2D eigenvalue weighted by Gasteiger charge is 2.57. The largest absolute Gasteiger partial charge is 0.326 e. The summed E-state index contributed by atoms with van der Waals surface area (Å²) in [6.45, 7) is 1.90. The minimum Gasteiger partial charge on any atom is -0.326 e. The van der Waals surface area contributed by atoms with Crippen LogP contribution >= 0.6 is 0 Å². The highest BCUT2D eigenvalue weighted by Crippen LogP contribution is 2.47. The SMILES string of the molecule is Cc1ccc(S(=O)(=O)C2C(N)C2c2ccc(F)cc2)cc1. The van der Waals surface area contributed by atoms with Gasteiger partial charge in [0.1, 0.15) is 5.82 Å². The number of nitrogens with two attached hydrogens (primary N) is 1. The summed E-state index contributed by atoms with van der Waals surface area (Å²) in [6.07, 6.45) is 0. The first kappa shape index (κ1) is 14.2. The molecular weight excluding hydrogens is 289 g/mol. The maximum absolute atomic E-state index is 13.0. The Morgan fingerprint density at radius 3 is 2.14 bits per heavy atom. The van der Waals surface area contributed by atoms with Gasteiger partial charge < -0.3 is 5.73 Å². The second-order valence-corrected chi connectivity index (χ2v) is 7.58. The zero-order valence-corrected chi connectivity index (χ0v) is 12.3. The maximum atomic E-state index is 13.0. The number of hydrogen-bond acceptors (Lipinski definition) is 3. The van der Waals surface area contributed by atoms with E-state index in [0.717, 1.165) is 11.1 Å². The van der Waals surface area contributed by atoms with E-state index in [1.54, 1.807) is 36.4 Å². The van der Waals surface area contributed by atoms with Crippen molar-refractivity contribution < 1.29 is 12.8 Å². The normalized spacial score (nSPS) is 24.8. The summed E-state index contributed by atoms with van der Waals surface area (Å²) in [4.78, 5) is 0.290. The quantitative estimate of drug-likeness (QED) is 0.947. The smallest absolute Gasteiger partial charge is 0.183 e. The first-order valence-corrected chi connectivity index (χ1v) is 8.27. The Balaban J connectivity index is 1.91. The van der Waals surface area contributed by atoms with Crippen LogP contribution in [0, 0.1) is 12.7 Å². The van der Waals surface area contributed by atoms with Gasteiger partial charge in [-0.1, -0.05) is 29.8 Å². The van der Waals surface area contributed by atoms with Crippen LogP contribution in [-0.4, -0.2) is 19.7 Å². The van der Waals surface area contributed by atoms with Gasteiger partial charge in [-0.3, -0.25) is 0 Å². The molecule has 1 aliphatic rings. The number of halogens is 1. The molecule has 5 heteroatoms. The molecule has 2 aromatic rings. The van der Waals surface area contributed by atoms with Crippen LogP contribution in [0.1, 0.15) is 17.0 Å². The van der Waals surface area contributed by atoms with E-state index >= 15 is 0 Å². The molecule has 0 bridgehead atoms. The minimum absolute atomic E-state index is 0.267. The van der Waals surface area contributed by atoms with Gasteiger partial charge in [0.2, 0.25) is 0 Å². The molecule has 3 rings (SSSR count). The molecule has 110 valence electrons. The van der Waals surface area contributed by atoms with Crippen molar-refractivity contribution in [2.24, 2.45) is 5.73 Å². The Morgan fingerprint density at radius 2 is 1.57 bits per heavy atom. The predicted octanol–water partition coefficient (Wildman–Crippen LogP) is 2.40. The average Bonchev–Trinajstić information content (AvgIpc) is 3.12. The molecule has 2 N–H and O–H groups in total. The molecular formula is C16H16FNO2S. The second kappa shape index (κ2) is 4.93. The molecule has 0 amide bonds. The molecule has 21 heavy (non-hydrogen) atoms. The average molecular weight is 305 g/mol. The molecule has 2 aromatic carbocycles. The van der Waals surface area contributed by atoms with Crippen molar-refractivity contribution in [3.05, 3.63) is 65.5 Å². The van der Waals surface area contributed by atoms with Crippen molar-refractivity contribution in [1.29, 1.82) is 0 Å². The number of sulfone groups is 1. The predicted molar refractivity (Wildman–Crippen MR) is 79.3 cm³/mol. The standard InChI is InChI=1S/C16H16FNO2S/c1-10-2-8-13(9-3-10)21(19,20)16-14(15(16)18)11-4-6-12(17)7-5-11/h2-9,14-16H,18H2,1H3. The number of hydrogen-bond donors (Lipinski definition) is 1. The van der Waals surface area contributed by atoms with Crippen LogP contribution in [0.25, 0.3) is 0 Å². The molecule has 0 heterocycles. The maximum Gasteiger partial charge on any atom is 0.183 e. The summed E-state index contributed by atoms with van der Waals surface area (Å²) < 4.78 is 38.2. The second-order valence-electron chi connectivity index (χ2n) is 5.48. The Morgan fingerprint density at radius 1 is 1.00 bits per heavy atom. The zero-order valence-electron chi connectivity index (χ0n) is 11.5. The van der Waals surface area contributed by atoms with Crippen LogP contribution in [0.5, 0.6) is 0 Å². The van der Waals surface area contributed by atoms with Crippen molar-refractivity contribution in [3.63, 3.8) is 0 Å². The molecule has 0 spiro atoms. The molecule has 3 unspecified atom stereocenters. The number of benzene rings is 2. The Labute approximate surface area is 123 Å². The van der Waals surface area contributed by atoms with Gasteiger partial charge in [0.15, 0.2) is 9.84 Å². The van der Waals surface area contributed by atoms with Gasteiger partial charge in [-0.15, -0.1) is 0 Å². The monoisotopic (exact) mass is 305 g/mol. The van der Waals surface area contributed by atoms with Gasteiger partial charge in [-0.25, -0.2) is 12.8 Å². The first-order valence-electron chi connectivity index (χ1n) is 6.73. The lowest BCUT2D eigenvalue weighted by Crippen LogP contribution is -2.15. The van der Waals surface area contributed by atoms with Crippen molar-refractivity contribution in [1.82, 2.24) is 0 Å². The summed E-state index contributed by atoms with van der Waals surface area (Å²) in [7, 11) is -3.46. The lowest BCUT2D eigenvalue weighted by Gasteiger charge is -2.04. The fraction of sp³-hybridized carbons (Fsp3) is 0.250. The molecule has 0 saturated heterocycles. The van der Waals surface area contributed by atoms with E-state index in [-0.39, 0.29) is 16.6 Å². The molecule has 1 saturated carbocycles. The highest BCUT2D eigenvalue weighted by atomic mass is 32.2. The molecule has 1 aliphatic carbocycles. The first-order chi connectivity index (χ1) is 9.91. The van der Waals surface area contributed by atoms with E-state index in [4.69, 9.17) is 5.73 Å². The van der Waals surface area contributed by atoms with Crippen LogP contribution in [0.15, 0.2) is 53.4 Å². The van der Waals surface area contributed by atoms with E-state index in [2.05, 4.69) is 0 Å². The number of aryl methyl sites for hydroxylation is 1. The summed E-state index contributed by atoms with van der Waals surface area (Å²) in [5.74, 6) is -0.609. The Bertz CT molecular complexity index is 754. The van der Waals surface area contributed by atoms with Crippen molar-refractivity contribution in [3.8, 4) is 0 Å². The van der Waals surface area contributed by atoms with Gasteiger partial charge in [0, 0.05) is 12.0 Å². The minimum atomic E-state index is -3.46. The summed E-state index contributed by atoms with van der Waals surface area (Å²) in [5, 5.41) is -0.634. The third kappa shape index (κ3) is 2.47. The van der Waals surface area contributed by atoms with Crippen molar-refractivity contribution in [2.75, 3.05) is 0 Å². The molecule has 3 atom stereocenters. The third-order valence-corrected chi connectivity index (χ3v) is 6.22. The van der Waals surface area contributed by atoms with Crippen LogP contribution in [0.3, 0.4) is 0 Å². The molecule has 1 fully saturated rings. The number of rotatable bonds is 3. The fourth-order valence-electron chi connectivity index (χ4n) is 2.69. The summed E-state index contributed by atoms with van der Waals surface area (Å²) in [5.41, 5.74) is 7.73. The Hall–Kier alpha value is -1.72. The Kier molecular flexibility index (Phi) is 3.34. The van der Waals surface area contributed by atoms with E-state index < -0.39 is 21.1 Å². The van der Waals surface area contributed by atoms with E-state index in [9.17, 15) is 12.8 Å². The van der Waals surface area contributed by atoms with Gasteiger partial charge in [0.05, 0.1) is 10.1 Å². The molecule has 0 radical (unpaired) electrons. The van der Waals surface area contributed by atoms with Crippen molar-refractivity contribution in [2.45, 2.75) is 29.0 Å². The lowest BCUT2D eigenvalue weighted by atomic mass is 10.1. The lowest BCUT2D eigenvalue weighted by molar-refractivity contribution is 0.593. The molecule has 3 nitrogen and oxygen atoms in total. The summed E-state index contributed by atoms with van der Waals surface area (Å²) in [6, 6.07) is 12.2. The van der Waals surface area contributed by atoms with Crippen LogP contribution in [0.4, 0.5) is 4.39 Å². The van der Waals surface area contributed by atoms with Crippen LogP contribution < -0.4 is 5.73 Å². The topological polar surface area (TPSA) is 60.2 Å². The third-order valence-electron chi connectivity index (χ3n) is 3.97. The highest BCUT2D eigenvalue weighted by molar-refractivity contribution is 7.92. The van der Waals surface area contributed by atoms with Crippen molar-refractivity contribution >= 4 is 9.84 Å². The van der Waals surface area contributed by atoms with Crippen LogP contribution in [-0.2, 0) is 9.84 Å². The van der Waals surface area contributed by atoms with E-state index in [1.165, 1.54) is 12.1 Å². The zero-order chi connectivity index (χ0) is 15.2. The molecule has 0 aromatic heterocycles. The van der Waals surface area contributed by atoms with Gasteiger partial charge in [-0.2, -0.15) is 0 Å². The van der Waals surface area contributed by atoms with Gasteiger partial charge in [-0.05, 0) is 36.8 Å². The van der Waals surface area contributed by atoms with E-state index in [1.807, 2.05) is 6.92 Å². The summed E-state index contributed by atoms with van der Waals surface area (Å²) >= 11 is 0.